The molecule has 1 atom stereocenters. The lowest BCUT2D eigenvalue weighted by Crippen LogP contribution is -2.47. The molecular formula is C14H26N2O8S2. The summed E-state index contributed by atoms with van der Waals surface area (Å²) in [5.41, 5.74) is -1.00. The van der Waals surface area contributed by atoms with Crippen molar-refractivity contribution in [1.82, 2.24) is 10.6 Å². The Hall–Kier alpha value is -1.76. The third-order valence-corrected chi connectivity index (χ3v) is 4.98. The van der Waals surface area contributed by atoms with Gasteiger partial charge in [0.25, 0.3) is 20.2 Å². The number of carbonyl (C=O) groups is 2. The van der Waals surface area contributed by atoms with Crippen molar-refractivity contribution < 1.29 is 35.5 Å². The highest BCUT2D eigenvalue weighted by molar-refractivity contribution is 7.86. The van der Waals surface area contributed by atoms with Crippen LogP contribution in [0.1, 0.15) is 27.7 Å². The van der Waals surface area contributed by atoms with Gasteiger partial charge in [-0.05, 0) is 31.9 Å². The number of carbonyl (C=O) groups excluding carboxylic acids is 2. The Labute approximate surface area is 154 Å². The van der Waals surface area contributed by atoms with E-state index in [9.17, 15) is 26.4 Å². The van der Waals surface area contributed by atoms with Gasteiger partial charge in [0, 0.05) is 0 Å². The van der Waals surface area contributed by atoms with Crippen molar-refractivity contribution in [2.45, 2.75) is 38.6 Å². The quantitative estimate of drug-likeness (QED) is 0.321. The van der Waals surface area contributed by atoms with Gasteiger partial charge in [0.2, 0.25) is 11.8 Å². The molecule has 0 rings (SSSR count). The Balaban J connectivity index is 0. The molecule has 0 radical (unpaired) electrons. The van der Waals surface area contributed by atoms with E-state index in [0.29, 0.717) is 0 Å². The lowest BCUT2D eigenvalue weighted by atomic mass is 10.1. The number of nitrogens with one attached hydrogen (secondary N) is 2. The molecule has 0 bridgehead atoms. The summed E-state index contributed by atoms with van der Waals surface area (Å²) in [5.74, 6) is -2.04. The monoisotopic (exact) mass is 414 g/mol. The maximum absolute atomic E-state index is 10.8. The average Bonchev–Trinajstić information content (AvgIpc) is 2.40. The molecule has 26 heavy (non-hydrogen) atoms. The van der Waals surface area contributed by atoms with Crippen LogP contribution in [0.4, 0.5) is 0 Å². The minimum atomic E-state index is -4.25. The van der Waals surface area contributed by atoms with E-state index >= 15 is 0 Å². The Morgan fingerprint density at radius 2 is 1.46 bits per heavy atom. The fourth-order valence-electron chi connectivity index (χ4n) is 1.66. The second-order valence-corrected chi connectivity index (χ2v) is 9.19. The van der Waals surface area contributed by atoms with Gasteiger partial charge in [0.05, 0.1) is 11.3 Å². The van der Waals surface area contributed by atoms with Gasteiger partial charge < -0.3 is 10.6 Å². The van der Waals surface area contributed by atoms with Crippen LogP contribution < -0.4 is 10.6 Å². The van der Waals surface area contributed by atoms with Crippen molar-refractivity contribution in [3.05, 3.63) is 25.3 Å². The zero-order chi connectivity index (χ0) is 21.3. The first-order chi connectivity index (χ1) is 11.4. The van der Waals surface area contributed by atoms with E-state index in [0.717, 1.165) is 12.2 Å². The van der Waals surface area contributed by atoms with Crippen LogP contribution in [-0.4, -0.2) is 54.4 Å². The molecule has 0 fully saturated rings. The largest absolute Gasteiger partial charge is 0.347 e. The minimum Gasteiger partial charge on any atom is -0.347 e. The maximum atomic E-state index is 10.8. The van der Waals surface area contributed by atoms with E-state index in [1.807, 2.05) is 0 Å². The van der Waals surface area contributed by atoms with E-state index in [-0.39, 0.29) is 0 Å². The van der Waals surface area contributed by atoms with Gasteiger partial charge in [-0.2, -0.15) is 16.8 Å². The number of amides is 2. The third kappa shape index (κ3) is 13.5. The van der Waals surface area contributed by atoms with Crippen molar-refractivity contribution in [2.75, 3.05) is 5.75 Å². The zero-order valence-corrected chi connectivity index (χ0v) is 16.7. The SMILES string of the molecule is C=CC(=O)NC(C(C)C)S(=O)(=O)O.C=CC(=O)NC(C)(C)CS(=O)(=O)O. The van der Waals surface area contributed by atoms with Crippen LogP contribution in [0.3, 0.4) is 0 Å². The molecule has 0 aromatic rings. The fraction of sp³-hybridized carbons (Fsp3) is 0.571. The van der Waals surface area contributed by atoms with Gasteiger partial charge in [-0.3, -0.25) is 18.7 Å². The second kappa shape index (κ2) is 10.4. The Morgan fingerprint density at radius 3 is 1.73 bits per heavy atom. The molecule has 0 aliphatic carbocycles. The zero-order valence-electron chi connectivity index (χ0n) is 15.1. The molecule has 0 aromatic heterocycles. The fourth-order valence-corrected chi connectivity index (χ4v) is 3.60. The molecule has 0 saturated heterocycles. The number of rotatable bonds is 8. The van der Waals surface area contributed by atoms with Crippen LogP contribution in [0.2, 0.25) is 0 Å². The standard InChI is InChI=1S/2C7H13NO4S/c1-4-6(9)8-7(2,3)5-13(10,11)12;1-4-6(9)8-7(5(2)3)13(10,11)12/h4H,1,5H2,2-3H3,(H,8,9)(H,10,11,12);4-5,7H,1H2,2-3H3,(H,8,9)(H,10,11,12). The normalized spacial score (nSPS) is 13.0. The topological polar surface area (TPSA) is 167 Å². The highest BCUT2D eigenvalue weighted by Gasteiger charge is 2.27. The van der Waals surface area contributed by atoms with Crippen molar-refractivity contribution >= 4 is 32.1 Å². The van der Waals surface area contributed by atoms with Crippen LogP contribution >= 0.6 is 0 Å². The van der Waals surface area contributed by atoms with Gasteiger partial charge >= 0.3 is 0 Å². The predicted molar refractivity (Wildman–Crippen MR) is 97.3 cm³/mol. The molecule has 1 unspecified atom stereocenters. The van der Waals surface area contributed by atoms with Gasteiger partial charge in [0.15, 0.2) is 5.37 Å². The van der Waals surface area contributed by atoms with Crippen molar-refractivity contribution in [2.24, 2.45) is 5.92 Å². The van der Waals surface area contributed by atoms with Gasteiger partial charge in [-0.1, -0.05) is 27.0 Å². The van der Waals surface area contributed by atoms with E-state index in [2.05, 4.69) is 23.8 Å². The van der Waals surface area contributed by atoms with Crippen LogP contribution in [-0.2, 0) is 29.8 Å². The first-order valence-corrected chi connectivity index (χ1v) is 10.4. The Bertz CT molecular complexity index is 724. The van der Waals surface area contributed by atoms with Crippen LogP contribution in [0.15, 0.2) is 25.3 Å². The maximum Gasteiger partial charge on any atom is 0.286 e. The van der Waals surface area contributed by atoms with Crippen LogP contribution in [0, 0.1) is 5.92 Å². The van der Waals surface area contributed by atoms with Crippen molar-refractivity contribution in [1.29, 1.82) is 0 Å². The summed E-state index contributed by atoms with van der Waals surface area (Å²) in [5, 5.41) is 3.20. The molecule has 4 N–H and O–H groups in total. The average molecular weight is 415 g/mol. The smallest absolute Gasteiger partial charge is 0.286 e. The van der Waals surface area contributed by atoms with E-state index in [1.54, 1.807) is 13.8 Å². The molecule has 0 saturated carbocycles. The predicted octanol–water partition coefficient (Wildman–Crippen LogP) is 0.114. The summed E-state index contributed by atoms with van der Waals surface area (Å²) < 4.78 is 59.7. The molecule has 12 heteroatoms. The lowest BCUT2D eigenvalue weighted by molar-refractivity contribution is -0.118. The van der Waals surface area contributed by atoms with Crippen LogP contribution in [0.25, 0.3) is 0 Å². The van der Waals surface area contributed by atoms with E-state index in [1.165, 1.54) is 13.8 Å². The Kier molecular flexibility index (Phi) is 10.6. The summed E-state index contributed by atoms with van der Waals surface area (Å²) in [6.45, 7) is 12.5. The van der Waals surface area contributed by atoms with E-state index < -0.39 is 54.6 Å². The Morgan fingerprint density at radius 1 is 1.04 bits per heavy atom. The molecule has 10 nitrogen and oxygen atoms in total. The van der Waals surface area contributed by atoms with Gasteiger partial charge in [0.1, 0.15) is 0 Å². The summed E-state index contributed by atoms with van der Waals surface area (Å²) in [7, 11) is -8.33. The van der Waals surface area contributed by atoms with E-state index in [4.69, 9.17) is 9.11 Å². The summed E-state index contributed by atoms with van der Waals surface area (Å²) in [6, 6.07) is 0. The highest BCUT2D eigenvalue weighted by Crippen LogP contribution is 2.07. The molecule has 0 spiro atoms. The summed E-state index contributed by atoms with van der Waals surface area (Å²) in [6.07, 6.45) is 1.98. The third-order valence-electron chi connectivity index (χ3n) is 2.59. The second-order valence-electron chi connectivity index (χ2n) is 6.20. The highest BCUT2D eigenvalue weighted by atomic mass is 32.2. The molecular weight excluding hydrogens is 388 g/mol. The van der Waals surface area contributed by atoms with Crippen LogP contribution in [0.5, 0.6) is 0 Å². The van der Waals surface area contributed by atoms with Crippen molar-refractivity contribution in [3.8, 4) is 0 Å². The molecule has 0 aromatic carbocycles. The summed E-state index contributed by atoms with van der Waals surface area (Å²) in [4.78, 5) is 21.6. The molecule has 0 aliphatic rings. The van der Waals surface area contributed by atoms with Crippen molar-refractivity contribution in [3.63, 3.8) is 0 Å². The summed E-state index contributed by atoms with van der Waals surface area (Å²) >= 11 is 0. The number of hydrogen-bond acceptors (Lipinski definition) is 6. The molecule has 0 heterocycles. The number of hydrogen-bond donors (Lipinski definition) is 4. The molecule has 0 aliphatic heterocycles. The van der Waals surface area contributed by atoms with Gasteiger partial charge in [-0.25, -0.2) is 0 Å². The molecule has 2 amide bonds. The first kappa shape index (κ1) is 26.5. The minimum absolute atomic E-state index is 0.404. The van der Waals surface area contributed by atoms with Gasteiger partial charge in [-0.15, -0.1) is 0 Å². The first-order valence-electron chi connectivity index (χ1n) is 7.24. The molecule has 152 valence electrons. The lowest BCUT2D eigenvalue weighted by Gasteiger charge is -2.23.